The quantitative estimate of drug-likeness (QED) is 0.457. The summed E-state index contributed by atoms with van der Waals surface area (Å²) < 4.78 is 69.3. The molecule has 28 heavy (non-hydrogen) atoms. The molecule has 1 aliphatic carbocycles. The van der Waals surface area contributed by atoms with Crippen LogP contribution in [-0.4, -0.2) is 35.5 Å². The zero-order chi connectivity index (χ0) is 20.9. The average molecular weight is 419 g/mol. The zero-order valence-electron chi connectivity index (χ0n) is 15.8. The second-order valence-corrected chi connectivity index (χ2v) is 9.86. The molecule has 1 fully saturated rings. The Morgan fingerprint density at radius 2 is 1.89 bits per heavy atom. The van der Waals surface area contributed by atoms with Crippen molar-refractivity contribution in [2.45, 2.75) is 63.0 Å². The number of hydrogen-bond acceptors (Lipinski definition) is 5. The van der Waals surface area contributed by atoms with Crippen LogP contribution in [0.1, 0.15) is 56.6 Å². The van der Waals surface area contributed by atoms with Gasteiger partial charge >= 0.3 is 6.18 Å². The van der Waals surface area contributed by atoms with Gasteiger partial charge in [0, 0.05) is 22.6 Å². The summed E-state index contributed by atoms with van der Waals surface area (Å²) >= 11 is -1.57. The SMILES string of the molecule is Cc1nc(F)ccc1C(N[S@@+]([O-])C(C)(C)C)c1cn(C2(C(F)(F)F)CC2)nn1. The largest absolute Gasteiger partial charge is 0.598 e. The van der Waals surface area contributed by atoms with Crippen molar-refractivity contribution in [1.82, 2.24) is 24.7 Å². The maximum atomic E-state index is 13.4. The molecule has 1 N–H and O–H groups in total. The van der Waals surface area contributed by atoms with Crippen LogP contribution in [0.4, 0.5) is 17.6 Å². The normalized spacial score (nSPS) is 18.8. The first kappa shape index (κ1) is 21.0. The molecule has 0 aromatic carbocycles. The molecular formula is C17H21F4N5OS. The van der Waals surface area contributed by atoms with E-state index in [1.807, 2.05) is 0 Å². The van der Waals surface area contributed by atoms with Gasteiger partial charge < -0.3 is 4.55 Å². The molecule has 0 spiro atoms. The summed E-state index contributed by atoms with van der Waals surface area (Å²) in [4.78, 5) is 3.76. The van der Waals surface area contributed by atoms with Crippen molar-refractivity contribution in [3.05, 3.63) is 41.2 Å². The number of hydrogen-bond donors (Lipinski definition) is 1. The molecule has 154 valence electrons. The molecule has 2 aromatic rings. The van der Waals surface area contributed by atoms with Crippen molar-refractivity contribution in [2.24, 2.45) is 0 Å². The summed E-state index contributed by atoms with van der Waals surface area (Å²) in [6.45, 7) is 6.82. The average Bonchev–Trinajstić information content (AvgIpc) is 3.24. The molecule has 2 atom stereocenters. The van der Waals surface area contributed by atoms with Gasteiger partial charge in [-0.3, -0.25) is 0 Å². The van der Waals surface area contributed by atoms with Crippen molar-refractivity contribution >= 4 is 11.4 Å². The first-order valence-corrected chi connectivity index (χ1v) is 9.81. The molecule has 0 radical (unpaired) electrons. The Hall–Kier alpha value is -1.72. The van der Waals surface area contributed by atoms with E-state index in [4.69, 9.17) is 0 Å². The molecule has 1 saturated carbocycles. The smallest absolute Gasteiger partial charge is 0.413 e. The zero-order valence-corrected chi connectivity index (χ0v) is 16.7. The molecule has 3 rings (SSSR count). The van der Waals surface area contributed by atoms with Crippen LogP contribution in [0.2, 0.25) is 0 Å². The van der Waals surface area contributed by atoms with Crippen molar-refractivity contribution in [3.63, 3.8) is 0 Å². The Morgan fingerprint density at radius 3 is 2.39 bits per heavy atom. The van der Waals surface area contributed by atoms with Gasteiger partial charge in [-0.15, -0.1) is 9.82 Å². The van der Waals surface area contributed by atoms with Crippen LogP contribution in [0.25, 0.3) is 0 Å². The highest BCUT2D eigenvalue weighted by Gasteiger charge is 2.66. The molecule has 6 nitrogen and oxygen atoms in total. The Labute approximate surface area is 163 Å². The monoisotopic (exact) mass is 419 g/mol. The number of nitrogens with zero attached hydrogens (tertiary/aromatic N) is 4. The van der Waals surface area contributed by atoms with Gasteiger partial charge in [-0.05, 0) is 46.6 Å². The van der Waals surface area contributed by atoms with Gasteiger partial charge in [-0.1, -0.05) is 11.3 Å². The number of aromatic nitrogens is 4. The van der Waals surface area contributed by atoms with Crippen LogP contribution >= 0.6 is 0 Å². The Kier molecular flexibility index (Phi) is 5.22. The fourth-order valence-electron chi connectivity index (χ4n) is 2.79. The highest BCUT2D eigenvalue weighted by atomic mass is 32.2. The number of pyridine rings is 1. The fraction of sp³-hybridized carbons (Fsp3) is 0.588. The molecule has 0 saturated heterocycles. The van der Waals surface area contributed by atoms with Gasteiger partial charge in [-0.25, -0.2) is 9.67 Å². The second kappa shape index (κ2) is 6.96. The third-order valence-electron chi connectivity index (χ3n) is 4.68. The van der Waals surface area contributed by atoms with Gasteiger partial charge in [0.2, 0.25) is 5.95 Å². The minimum absolute atomic E-state index is 0.0670. The van der Waals surface area contributed by atoms with E-state index in [0.29, 0.717) is 11.3 Å². The number of rotatable bonds is 5. The molecule has 0 amide bonds. The van der Waals surface area contributed by atoms with E-state index in [9.17, 15) is 22.1 Å². The van der Waals surface area contributed by atoms with E-state index in [2.05, 4.69) is 20.0 Å². The first-order chi connectivity index (χ1) is 12.8. The van der Waals surface area contributed by atoms with Crippen LogP contribution < -0.4 is 4.72 Å². The summed E-state index contributed by atoms with van der Waals surface area (Å²) in [6.07, 6.45) is -3.37. The van der Waals surface area contributed by atoms with Crippen LogP contribution in [0.5, 0.6) is 0 Å². The maximum absolute atomic E-state index is 13.4. The molecule has 0 aliphatic heterocycles. The third-order valence-corrected chi connectivity index (χ3v) is 6.24. The lowest BCUT2D eigenvalue weighted by atomic mass is 10.0. The lowest BCUT2D eigenvalue weighted by Gasteiger charge is -2.27. The molecule has 1 unspecified atom stereocenters. The minimum Gasteiger partial charge on any atom is -0.598 e. The van der Waals surface area contributed by atoms with Gasteiger partial charge in [-0.2, -0.15) is 17.6 Å². The minimum atomic E-state index is -4.44. The number of alkyl halides is 3. The lowest BCUT2D eigenvalue weighted by Crippen LogP contribution is -2.42. The van der Waals surface area contributed by atoms with Crippen LogP contribution in [0.3, 0.4) is 0 Å². The Balaban J connectivity index is 2.00. The summed E-state index contributed by atoms with van der Waals surface area (Å²) in [7, 11) is 0. The van der Waals surface area contributed by atoms with Crippen LogP contribution in [-0.2, 0) is 16.9 Å². The fourth-order valence-corrected chi connectivity index (χ4v) is 3.61. The van der Waals surface area contributed by atoms with E-state index >= 15 is 0 Å². The summed E-state index contributed by atoms with van der Waals surface area (Å²) in [6, 6.07) is 1.73. The van der Waals surface area contributed by atoms with E-state index < -0.39 is 39.8 Å². The van der Waals surface area contributed by atoms with Crippen LogP contribution in [0.15, 0.2) is 18.3 Å². The van der Waals surface area contributed by atoms with Crippen molar-refractivity contribution in [1.29, 1.82) is 0 Å². The molecule has 1 aliphatic rings. The summed E-state index contributed by atoms with van der Waals surface area (Å²) in [5, 5.41) is 7.60. The third kappa shape index (κ3) is 3.87. The number of aryl methyl sites for hydroxylation is 1. The maximum Gasteiger partial charge on any atom is 0.413 e. The second-order valence-electron chi connectivity index (χ2n) is 7.86. The molecule has 2 heterocycles. The topological polar surface area (TPSA) is 78.7 Å². The van der Waals surface area contributed by atoms with E-state index in [1.165, 1.54) is 12.3 Å². The predicted octanol–water partition coefficient (Wildman–Crippen LogP) is 3.31. The lowest BCUT2D eigenvalue weighted by molar-refractivity contribution is -0.182. The highest BCUT2D eigenvalue weighted by molar-refractivity contribution is 7.90. The number of halogens is 4. The van der Waals surface area contributed by atoms with Crippen molar-refractivity contribution in [3.8, 4) is 0 Å². The van der Waals surface area contributed by atoms with Gasteiger partial charge in [0.25, 0.3) is 0 Å². The van der Waals surface area contributed by atoms with Gasteiger partial charge in [0.15, 0.2) is 5.54 Å². The Bertz CT molecular complexity index is 860. The molecule has 2 aromatic heterocycles. The van der Waals surface area contributed by atoms with Crippen molar-refractivity contribution < 1.29 is 22.1 Å². The Morgan fingerprint density at radius 1 is 1.25 bits per heavy atom. The number of nitrogens with one attached hydrogen (secondary N) is 1. The molecular weight excluding hydrogens is 398 g/mol. The van der Waals surface area contributed by atoms with E-state index in [-0.39, 0.29) is 18.5 Å². The predicted molar refractivity (Wildman–Crippen MR) is 95.1 cm³/mol. The first-order valence-electron chi connectivity index (χ1n) is 8.66. The van der Waals surface area contributed by atoms with E-state index in [1.54, 1.807) is 27.7 Å². The standard InChI is InChI=1S/C17H21F4N5OS/c1-10-11(5-6-13(18)22-10)14(24-28(27)15(2,3)4)12-9-26(25-23-12)16(7-8-16)17(19,20)21/h5-6,9,14,24H,7-8H2,1-4H3/t14?,28-/m0/s1. The van der Waals surface area contributed by atoms with Gasteiger partial charge in [0.1, 0.15) is 16.5 Å². The highest BCUT2D eigenvalue weighted by Crippen LogP contribution is 2.55. The van der Waals surface area contributed by atoms with Crippen LogP contribution in [0, 0.1) is 12.9 Å². The summed E-state index contributed by atoms with van der Waals surface area (Å²) in [5.74, 6) is -0.686. The van der Waals surface area contributed by atoms with Gasteiger partial charge in [0.05, 0.1) is 6.20 Å². The van der Waals surface area contributed by atoms with E-state index in [0.717, 1.165) is 10.7 Å². The summed E-state index contributed by atoms with van der Waals surface area (Å²) in [5.41, 5.74) is -1.11. The van der Waals surface area contributed by atoms with Crippen molar-refractivity contribution in [2.75, 3.05) is 0 Å². The molecule has 0 bridgehead atoms. The molecule has 11 heteroatoms.